The minimum absolute atomic E-state index is 0.0991. The van der Waals surface area contributed by atoms with Gasteiger partial charge in [-0.25, -0.2) is 0 Å². The van der Waals surface area contributed by atoms with Crippen LogP contribution in [0.3, 0.4) is 0 Å². The minimum Gasteiger partial charge on any atom is -0.400 e. The van der Waals surface area contributed by atoms with E-state index in [1.807, 2.05) is 27.7 Å². The van der Waals surface area contributed by atoms with Crippen molar-refractivity contribution in [3.8, 4) is 0 Å². The Kier molecular flexibility index (Phi) is 5.68. The monoisotopic (exact) mass is 373 g/mol. The summed E-state index contributed by atoms with van der Waals surface area (Å²) in [7, 11) is -0.430. The summed E-state index contributed by atoms with van der Waals surface area (Å²) in [6, 6.07) is 6.58. The summed E-state index contributed by atoms with van der Waals surface area (Å²) >= 11 is 1.29. The molecule has 0 aromatic heterocycles. The molecule has 1 aromatic carbocycles. The molecule has 1 saturated heterocycles. The van der Waals surface area contributed by atoms with Gasteiger partial charge < -0.3 is 14.6 Å². The third-order valence-corrected chi connectivity index (χ3v) is 6.35. The molecule has 0 saturated carbocycles. The van der Waals surface area contributed by atoms with E-state index in [0.29, 0.717) is 5.75 Å². The van der Waals surface area contributed by atoms with Crippen molar-refractivity contribution in [2.45, 2.75) is 58.8 Å². The summed E-state index contributed by atoms with van der Waals surface area (Å²) in [5, 5.41) is 3.52. The molecule has 0 aliphatic carbocycles. The van der Waals surface area contributed by atoms with Crippen molar-refractivity contribution in [1.82, 2.24) is 5.32 Å². The molecule has 1 aromatic rings. The standard InChI is InChI=1S/C20H28BNO3S/c1-14(23)26-13-18(21-24-19(2,3)20(4,5)25-21)11-15-6-7-16-8-9-22-12-17(16)10-15/h6-7,10-11,22H,8-9,12-13H2,1-5H3. The van der Waals surface area contributed by atoms with E-state index in [4.69, 9.17) is 9.31 Å². The van der Waals surface area contributed by atoms with E-state index in [1.165, 1.54) is 22.9 Å². The van der Waals surface area contributed by atoms with Gasteiger partial charge in [-0.1, -0.05) is 36.0 Å². The Labute approximate surface area is 161 Å². The maximum absolute atomic E-state index is 11.5. The fourth-order valence-electron chi connectivity index (χ4n) is 3.16. The van der Waals surface area contributed by atoms with E-state index in [-0.39, 0.29) is 5.12 Å². The van der Waals surface area contributed by atoms with Gasteiger partial charge in [0, 0.05) is 19.2 Å². The Morgan fingerprint density at radius 1 is 1.23 bits per heavy atom. The highest BCUT2D eigenvalue weighted by Crippen LogP contribution is 2.39. The maximum Gasteiger partial charge on any atom is 0.491 e. The first-order chi connectivity index (χ1) is 12.2. The lowest BCUT2D eigenvalue weighted by Crippen LogP contribution is -2.41. The molecule has 26 heavy (non-hydrogen) atoms. The van der Waals surface area contributed by atoms with E-state index in [0.717, 1.165) is 30.5 Å². The number of hydrogen-bond acceptors (Lipinski definition) is 5. The van der Waals surface area contributed by atoms with Crippen molar-refractivity contribution in [2.75, 3.05) is 12.3 Å². The number of thioether (sulfide) groups is 1. The Balaban J connectivity index is 1.89. The zero-order valence-electron chi connectivity index (χ0n) is 16.3. The highest BCUT2D eigenvalue weighted by molar-refractivity contribution is 8.13. The minimum atomic E-state index is -0.430. The van der Waals surface area contributed by atoms with Gasteiger partial charge in [-0.15, -0.1) is 0 Å². The topological polar surface area (TPSA) is 47.6 Å². The highest BCUT2D eigenvalue weighted by atomic mass is 32.2. The average molecular weight is 373 g/mol. The third kappa shape index (κ3) is 4.25. The normalized spacial score (nSPS) is 21.6. The SMILES string of the molecule is CC(=O)SCC(=Cc1ccc2c(c1)CNCC2)B1OC(C)(C)C(C)(C)O1. The van der Waals surface area contributed by atoms with Gasteiger partial charge in [0.1, 0.15) is 0 Å². The number of carbonyl (C=O) groups excluding carboxylic acids is 1. The van der Waals surface area contributed by atoms with E-state index in [1.54, 1.807) is 6.92 Å². The van der Waals surface area contributed by atoms with Crippen LogP contribution in [0.1, 0.15) is 51.3 Å². The van der Waals surface area contributed by atoms with E-state index in [2.05, 4.69) is 29.6 Å². The Bertz CT molecular complexity index is 714. The van der Waals surface area contributed by atoms with Gasteiger partial charge in [-0.3, -0.25) is 4.79 Å². The van der Waals surface area contributed by atoms with Crippen molar-refractivity contribution in [3.05, 3.63) is 40.4 Å². The Morgan fingerprint density at radius 3 is 2.58 bits per heavy atom. The van der Waals surface area contributed by atoms with Crippen molar-refractivity contribution in [3.63, 3.8) is 0 Å². The molecule has 0 radical (unpaired) electrons. The first-order valence-corrected chi connectivity index (χ1v) is 10.2. The largest absolute Gasteiger partial charge is 0.491 e. The number of hydrogen-bond donors (Lipinski definition) is 1. The number of benzene rings is 1. The molecule has 1 N–H and O–H groups in total. The molecule has 2 aliphatic rings. The quantitative estimate of drug-likeness (QED) is 0.817. The second kappa shape index (κ2) is 7.51. The summed E-state index contributed by atoms with van der Waals surface area (Å²) in [6.45, 7) is 11.7. The van der Waals surface area contributed by atoms with Crippen LogP contribution in [0.15, 0.2) is 23.7 Å². The van der Waals surface area contributed by atoms with Gasteiger partial charge in [-0.2, -0.15) is 0 Å². The molecule has 0 unspecified atom stereocenters. The van der Waals surface area contributed by atoms with Crippen molar-refractivity contribution >= 4 is 30.1 Å². The van der Waals surface area contributed by atoms with Crippen molar-refractivity contribution < 1.29 is 14.1 Å². The lowest BCUT2D eigenvalue weighted by molar-refractivity contribution is -0.109. The van der Waals surface area contributed by atoms with Crippen LogP contribution in [-0.2, 0) is 27.1 Å². The molecule has 6 heteroatoms. The lowest BCUT2D eigenvalue weighted by atomic mass is 9.78. The molecular formula is C20H28BNO3S. The zero-order valence-corrected chi connectivity index (χ0v) is 17.2. The lowest BCUT2D eigenvalue weighted by Gasteiger charge is -2.32. The number of fused-ring (bicyclic) bond motifs is 1. The molecule has 0 amide bonds. The van der Waals surface area contributed by atoms with Gasteiger partial charge in [0.15, 0.2) is 5.12 Å². The highest BCUT2D eigenvalue weighted by Gasteiger charge is 2.52. The van der Waals surface area contributed by atoms with Crippen LogP contribution in [-0.4, -0.2) is 35.7 Å². The summed E-state index contributed by atoms with van der Waals surface area (Å²) in [6.07, 6.45) is 3.19. The van der Waals surface area contributed by atoms with Crippen LogP contribution in [0.5, 0.6) is 0 Å². The first kappa shape index (κ1) is 19.7. The van der Waals surface area contributed by atoms with Gasteiger partial charge in [0.25, 0.3) is 0 Å². The second-order valence-corrected chi connectivity index (χ2v) is 9.19. The fraction of sp³-hybridized carbons (Fsp3) is 0.550. The average Bonchev–Trinajstić information content (AvgIpc) is 2.79. The molecule has 4 nitrogen and oxygen atoms in total. The Hall–Kier alpha value is -1.08. The van der Waals surface area contributed by atoms with Crippen LogP contribution in [0, 0.1) is 0 Å². The van der Waals surface area contributed by atoms with Crippen LogP contribution in [0.25, 0.3) is 6.08 Å². The molecule has 3 rings (SSSR count). The molecule has 0 spiro atoms. The molecule has 0 bridgehead atoms. The number of rotatable bonds is 4. The Morgan fingerprint density at radius 2 is 1.92 bits per heavy atom. The van der Waals surface area contributed by atoms with Crippen molar-refractivity contribution in [2.24, 2.45) is 0 Å². The van der Waals surface area contributed by atoms with Crippen LogP contribution >= 0.6 is 11.8 Å². The summed E-state index contributed by atoms with van der Waals surface area (Å²) in [5.74, 6) is 0.571. The third-order valence-electron chi connectivity index (χ3n) is 5.47. The van der Waals surface area contributed by atoms with E-state index >= 15 is 0 Å². The zero-order chi connectivity index (χ0) is 18.9. The summed E-state index contributed by atoms with van der Waals surface area (Å²) in [4.78, 5) is 11.5. The predicted octanol–water partition coefficient (Wildman–Crippen LogP) is 3.63. The van der Waals surface area contributed by atoms with E-state index < -0.39 is 18.3 Å². The predicted molar refractivity (Wildman–Crippen MR) is 109 cm³/mol. The van der Waals surface area contributed by atoms with Gasteiger partial charge in [-0.05, 0) is 62.8 Å². The summed E-state index contributed by atoms with van der Waals surface area (Å²) in [5.41, 5.74) is 4.09. The molecule has 1 fully saturated rings. The summed E-state index contributed by atoms with van der Waals surface area (Å²) < 4.78 is 12.4. The molecule has 140 valence electrons. The van der Waals surface area contributed by atoms with Gasteiger partial charge in [0.2, 0.25) is 0 Å². The first-order valence-electron chi connectivity index (χ1n) is 9.20. The molecule has 2 heterocycles. The molecular weight excluding hydrogens is 345 g/mol. The van der Waals surface area contributed by atoms with Crippen LogP contribution in [0.4, 0.5) is 0 Å². The van der Waals surface area contributed by atoms with Crippen LogP contribution < -0.4 is 5.32 Å². The van der Waals surface area contributed by atoms with Gasteiger partial charge >= 0.3 is 7.12 Å². The second-order valence-electron chi connectivity index (χ2n) is 8.04. The maximum atomic E-state index is 11.5. The fourth-order valence-corrected chi connectivity index (χ4v) is 3.75. The number of nitrogens with one attached hydrogen (secondary N) is 1. The smallest absolute Gasteiger partial charge is 0.400 e. The van der Waals surface area contributed by atoms with E-state index in [9.17, 15) is 4.79 Å². The van der Waals surface area contributed by atoms with Crippen molar-refractivity contribution in [1.29, 1.82) is 0 Å². The van der Waals surface area contributed by atoms with Gasteiger partial charge in [0.05, 0.1) is 11.2 Å². The molecule has 2 aliphatic heterocycles. The molecule has 0 atom stereocenters. The number of carbonyl (C=O) groups is 1. The van der Waals surface area contributed by atoms with Crippen LogP contribution in [0.2, 0.25) is 0 Å².